The highest BCUT2D eigenvalue weighted by atomic mass is 79.9. The van der Waals surface area contributed by atoms with E-state index in [1.165, 1.54) is 12.1 Å². The van der Waals surface area contributed by atoms with Gasteiger partial charge in [0, 0.05) is 17.6 Å². The maximum absolute atomic E-state index is 11.8. The van der Waals surface area contributed by atoms with Crippen LogP contribution in [-0.4, -0.2) is 37.0 Å². The Kier molecular flexibility index (Phi) is 6.44. The Morgan fingerprint density at radius 1 is 1.40 bits per heavy atom. The molecule has 4 nitrogen and oxygen atoms in total. The summed E-state index contributed by atoms with van der Waals surface area (Å²) < 4.78 is 40.4. The second-order valence-corrected chi connectivity index (χ2v) is 4.81. The normalized spacial score (nSPS) is 11.6. The van der Waals surface area contributed by atoms with Crippen LogP contribution in [0.25, 0.3) is 0 Å². The first-order chi connectivity index (χ1) is 9.29. The molecule has 0 aliphatic rings. The van der Waals surface area contributed by atoms with Crippen LogP contribution in [0.2, 0.25) is 0 Å². The topological polar surface area (TPSA) is 58.6 Å². The smallest absolute Gasteiger partial charge is 0.411 e. The third kappa shape index (κ3) is 6.36. The Balaban J connectivity index is 2.31. The molecule has 8 heteroatoms. The van der Waals surface area contributed by atoms with E-state index >= 15 is 0 Å². The van der Waals surface area contributed by atoms with E-state index in [9.17, 15) is 18.0 Å². The zero-order valence-corrected chi connectivity index (χ0v) is 11.9. The summed E-state index contributed by atoms with van der Waals surface area (Å²) in [5.74, 6) is -1.02. The lowest BCUT2D eigenvalue weighted by atomic mass is 10.1. The standard InChI is InChI=1S/C12H13BrF3NO3/c13-10-5-8(11(18)19)1-2-9(10)6-17-3-4-20-7-12(14,15)16/h1-2,5,17H,3-4,6-7H2,(H,18,19). The third-order valence-corrected chi connectivity index (χ3v) is 3.04. The number of hydrogen-bond acceptors (Lipinski definition) is 3. The predicted octanol–water partition coefficient (Wildman–Crippen LogP) is 2.82. The number of ether oxygens (including phenoxy) is 1. The predicted molar refractivity (Wildman–Crippen MR) is 69.7 cm³/mol. The van der Waals surface area contributed by atoms with Crippen LogP contribution in [0.3, 0.4) is 0 Å². The summed E-state index contributed by atoms with van der Waals surface area (Å²) in [4.78, 5) is 10.7. The second kappa shape index (κ2) is 7.61. The molecule has 0 unspecified atom stereocenters. The number of carboxylic acids is 1. The number of halogens is 4. The molecule has 0 heterocycles. The van der Waals surface area contributed by atoms with Crippen molar-refractivity contribution in [3.05, 3.63) is 33.8 Å². The van der Waals surface area contributed by atoms with Gasteiger partial charge in [-0.25, -0.2) is 4.79 Å². The highest BCUT2D eigenvalue weighted by molar-refractivity contribution is 9.10. The van der Waals surface area contributed by atoms with Crippen molar-refractivity contribution in [1.82, 2.24) is 5.32 Å². The Bertz CT molecular complexity index is 466. The molecule has 0 saturated carbocycles. The summed E-state index contributed by atoms with van der Waals surface area (Å²) in [7, 11) is 0. The quantitative estimate of drug-likeness (QED) is 0.738. The van der Waals surface area contributed by atoms with Gasteiger partial charge in [0.1, 0.15) is 6.61 Å². The van der Waals surface area contributed by atoms with Gasteiger partial charge in [0.25, 0.3) is 0 Å². The molecule has 0 saturated heterocycles. The van der Waals surface area contributed by atoms with E-state index in [2.05, 4.69) is 26.0 Å². The number of alkyl halides is 3. The minimum absolute atomic E-state index is 0.0513. The number of carbonyl (C=O) groups is 1. The van der Waals surface area contributed by atoms with E-state index in [1.807, 2.05) is 0 Å². The zero-order valence-electron chi connectivity index (χ0n) is 10.3. The van der Waals surface area contributed by atoms with E-state index in [0.717, 1.165) is 5.56 Å². The molecule has 0 amide bonds. The van der Waals surface area contributed by atoms with Crippen LogP contribution in [0.5, 0.6) is 0 Å². The SMILES string of the molecule is O=C(O)c1ccc(CNCCOCC(F)(F)F)c(Br)c1. The highest BCUT2D eigenvalue weighted by Crippen LogP contribution is 2.18. The Hall–Kier alpha value is -1.12. The van der Waals surface area contributed by atoms with Crippen molar-refractivity contribution in [2.45, 2.75) is 12.7 Å². The van der Waals surface area contributed by atoms with E-state index < -0.39 is 18.8 Å². The molecule has 0 bridgehead atoms. The number of benzene rings is 1. The van der Waals surface area contributed by atoms with Crippen LogP contribution in [0.15, 0.2) is 22.7 Å². The molecule has 1 rings (SSSR count). The molecule has 0 aliphatic heterocycles. The summed E-state index contributed by atoms with van der Waals surface area (Å²) >= 11 is 3.24. The highest BCUT2D eigenvalue weighted by Gasteiger charge is 2.27. The van der Waals surface area contributed by atoms with Gasteiger partial charge >= 0.3 is 12.1 Å². The first kappa shape index (κ1) is 16.9. The summed E-state index contributed by atoms with van der Waals surface area (Å²) in [5.41, 5.74) is 0.972. The number of nitrogens with one attached hydrogen (secondary N) is 1. The summed E-state index contributed by atoms with van der Waals surface area (Å²) in [6, 6.07) is 4.57. The van der Waals surface area contributed by atoms with Crippen LogP contribution in [0.4, 0.5) is 13.2 Å². The molecule has 20 heavy (non-hydrogen) atoms. The molecule has 0 spiro atoms. The average Bonchev–Trinajstić information content (AvgIpc) is 2.33. The van der Waals surface area contributed by atoms with E-state index in [1.54, 1.807) is 6.07 Å². The lowest BCUT2D eigenvalue weighted by Gasteiger charge is -2.09. The molecule has 0 aromatic heterocycles. The first-order valence-corrected chi connectivity index (χ1v) is 6.46. The van der Waals surface area contributed by atoms with Crippen molar-refractivity contribution in [1.29, 1.82) is 0 Å². The Morgan fingerprint density at radius 2 is 2.10 bits per heavy atom. The van der Waals surface area contributed by atoms with Crippen LogP contribution >= 0.6 is 15.9 Å². The van der Waals surface area contributed by atoms with Crippen molar-refractivity contribution < 1.29 is 27.8 Å². The van der Waals surface area contributed by atoms with Crippen molar-refractivity contribution in [3.8, 4) is 0 Å². The molecule has 1 aromatic rings. The molecular formula is C12H13BrF3NO3. The molecule has 0 fully saturated rings. The fourth-order valence-electron chi connectivity index (χ4n) is 1.38. The molecule has 112 valence electrons. The Morgan fingerprint density at radius 3 is 2.65 bits per heavy atom. The lowest BCUT2D eigenvalue weighted by molar-refractivity contribution is -0.173. The maximum Gasteiger partial charge on any atom is 0.411 e. The Labute approximate surface area is 122 Å². The van der Waals surface area contributed by atoms with Crippen molar-refractivity contribution >= 4 is 21.9 Å². The molecular weight excluding hydrogens is 343 g/mol. The van der Waals surface area contributed by atoms with Gasteiger partial charge in [-0.2, -0.15) is 13.2 Å². The van der Waals surface area contributed by atoms with Gasteiger partial charge in [-0.05, 0) is 17.7 Å². The van der Waals surface area contributed by atoms with Gasteiger partial charge in [0.2, 0.25) is 0 Å². The van der Waals surface area contributed by atoms with Crippen LogP contribution in [-0.2, 0) is 11.3 Å². The zero-order chi connectivity index (χ0) is 15.2. The van der Waals surface area contributed by atoms with Gasteiger partial charge < -0.3 is 15.2 Å². The summed E-state index contributed by atoms with van der Waals surface area (Å²) in [6.45, 7) is -0.644. The summed E-state index contributed by atoms with van der Waals surface area (Å²) in [6.07, 6.45) is -4.31. The van der Waals surface area contributed by atoms with Gasteiger partial charge in [0.05, 0.1) is 12.2 Å². The fourth-order valence-corrected chi connectivity index (χ4v) is 1.90. The van der Waals surface area contributed by atoms with Crippen molar-refractivity contribution in [3.63, 3.8) is 0 Å². The third-order valence-electron chi connectivity index (χ3n) is 2.30. The van der Waals surface area contributed by atoms with E-state index in [-0.39, 0.29) is 18.7 Å². The second-order valence-electron chi connectivity index (χ2n) is 3.96. The molecule has 0 atom stereocenters. The number of aromatic carboxylic acids is 1. The molecule has 0 radical (unpaired) electrons. The lowest BCUT2D eigenvalue weighted by Crippen LogP contribution is -2.23. The maximum atomic E-state index is 11.8. The van der Waals surface area contributed by atoms with E-state index in [0.29, 0.717) is 11.0 Å². The van der Waals surface area contributed by atoms with Gasteiger partial charge in [-0.15, -0.1) is 0 Å². The van der Waals surface area contributed by atoms with Crippen LogP contribution < -0.4 is 5.32 Å². The molecule has 2 N–H and O–H groups in total. The van der Waals surface area contributed by atoms with Gasteiger partial charge in [0.15, 0.2) is 0 Å². The monoisotopic (exact) mass is 355 g/mol. The number of rotatable bonds is 7. The largest absolute Gasteiger partial charge is 0.478 e. The van der Waals surface area contributed by atoms with Crippen LogP contribution in [0, 0.1) is 0 Å². The minimum atomic E-state index is -4.31. The van der Waals surface area contributed by atoms with Crippen molar-refractivity contribution in [2.75, 3.05) is 19.8 Å². The minimum Gasteiger partial charge on any atom is -0.478 e. The van der Waals surface area contributed by atoms with Gasteiger partial charge in [-0.3, -0.25) is 0 Å². The van der Waals surface area contributed by atoms with Crippen molar-refractivity contribution in [2.24, 2.45) is 0 Å². The molecule has 1 aromatic carbocycles. The van der Waals surface area contributed by atoms with Gasteiger partial charge in [-0.1, -0.05) is 22.0 Å². The number of carboxylic acid groups (broad SMARTS) is 1. The molecule has 0 aliphatic carbocycles. The first-order valence-electron chi connectivity index (χ1n) is 5.66. The van der Waals surface area contributed by atoms with Crippen LogP contribution in [0.1, 0.15) is 15.9 Å². The summed E-state index contributed by atoms with van der Waals surface area (Å²) in [5, 5.41) is 11.7. The average molecular weight is 356 g/mol. The van der Waals surface area contributed by atoms with E-state index in [4.69, 9.17) is 5.11 Å². The number of hydrogen-bond donors (Lipinski definition) is 2. The fraction of sp³-hybridized carbons (Fsp3) is 0.417.